The number of rotatable bonds is 4. The summed E-state index contributed by atoms with van der Waals surface area (Å²) in [5.41, 5.74) is 2.73. The lowest BCUT2D eigenvalue weighted by atomic mass is 10.1. The van der Waals surface area contributed by atoms with Gasteiger partial charge in [0, 0.05) is 11.1 Å². The van der Waals surface area contributed by atoms with Crippen LogP contribution in [-0.2, 0) is 10.0 Å². The van der Waals surface area contributed by atoms with Gasteiger partial charge in [-0.1, -0.05) is 35.9 Å². The number of hydrogen-bond donors (Lipinski definition) is 1. The summed E-state index contributed by atoms with van der Waals surface area (Å²) < 4.78 is 29.8. The van der Waals surface area contributed by atoms with E-state index in [0.717, 1.165) is 22.4 Å². The lowest BCUT2D eigenvalue weighted by Gasteiger charge is -2.15. The van der Waals surface area contributed by atoms with Crippen molar-refractivity contribution in [2.24, 2.45) is 5.10 Å². The average molecular weight is 328 g/mol. The van der Waals surface area contributed by atoms with Crippen molar-refractivity contribution in [3.05, 3.63) is 65.2 Å². The summed E-state index contributed by atoms with van der Waals surface area (Å²) in [5, 5.41) is 3.83. The van der Waals surface area contributed by atoms with Crippen LogP contribution in [0.25, 0.3) is 6.08 Å². The zero-order chi connectivity index (χ0) is 16.3. The number of aryl methyl sites for hydroxylation is 1. The van der Waals surface area contributed by atoms with E-state index in [-0.39, 0.29) is 4.90 Å². The van der Waals surface area contributed by atoms with Crippen LogP contribution in [0.5, 0.6) is 5.75 Å². The fraction of sp³-hybridized carbons (Fsp3) is 0.118. The first-order valence-corrected chi connectivity index (χ1v) is 8.57. The molecule has 0 aliphatic carbocycles. The predicted molar refractivity (Wildman–Crippen MR) is 89.9 cm³/mol. The molecular formula is C17H16N2O3S. The summed E-state index contributed by atoms with van der Waals surface area (Å²) in [6, 6.07) is 14.2. The molecule has 0 radical (unpaired) electrons. The van der Waals surface area contributed by atoms with Gasteiger partial charge in [-0.25, -0.2) is 4.83 Å². The molecule has 0 saturated carbocycles. The van der Waals surface area contributed by atoms with Crippen LogP contribution in [-0.4, -0.2) is 21.2 Å². The number of hydrogen-bond acceptors (Lipinski definition) is 4. The van der Waals surface area contributed by atoms with Crippen molar-refractivity contribution in [2.45, 2.75) is 11.8 Å². The molecule has 23 heavy (non-hydrogen) atoms. The monoisotopic (exact) mass is 328 g/mol. The van der Waals surface area contributed by atoms with Crippen LogP contribution in [0, 0.1) is 6.92 Å². The van der Waals surface area contributed by atoms with Crippen LogP contribution in [0.4, 0.5) is 0 Å². The van der Waals surface area contributed by atoms with Crippen molar-refractivity contribution in [3.63, 3.8) is 0 Å². The third-order valence-electron chi connectivity index (χ3n) is 3.39. The second-order valence-electron chi connectivity index (χ2n) is 5.21. The zero-order valence-corrected chi connectivity index (χ0v) is 13.4. The van der Waals surface area contributed by atoms with Gasteiger partial charge in [0.1, 0.15) is 12.4 Å². The molecule has 1 N–H and O–H groups in total. The predicted octanol–water partition coefficient (Wildman–Crippen LogP) is 2.74. The molecule has 2 aromatic carbocycles. The second-order valence-corrected chi connectivity index (χ2v) is 6.87. The van der Waals surface area contributed by atoms with Gasteiger partial charge in [-0.3, -0.25) is 0 Å². The molecule has 0 amide bonds. The number of para-hydroxylation sites is 1. The van der Waals surface area contributed by atoms with Crippen molar-refractivity contribution in [1.82, 2.24) is 4.83 Å². The summed E-state index contributed by atoms with van der Waals surface area (Å²) >= 11 is 0. The number of sulfonamides is 1. The molecule has 1 aliphatic heterocycles. The number of fused-ring (bicyclic) bond motifs is 1. The van der Waals surface area contributed by atoms with Crippen molar-refractivity contribution in [1.29, 1.82) is 0 Å². The normalized spacial score (nSPS) is 14.0. The Balaban J connectivity index is 1.72. The second kappa shape index (κ2) is 6.26. The van der Waals surface area contributed by atoms with Gasteiger partial charge in [0.25, 0.3) is 10.0 Å². The minimum Gasteiger partial charge on any atom is -0.488 e. The fourth-order valence-corrected chi connectivity index (χ4v) is 2.95. The minimum atomic E-state index is -3.65. The topological polar surface area (TPSA) is 67.8 Å². The van der Waals surface area contributed by atoms with E-state index in [1.54, 1.807) is 24.3 Å². The summed E-state index contributed by atoms with van der Waals surface area (Å²) in [6.07, 6.45) is 3.38. The largest absolute Gasteiger partial charge is 0.488 e. The van der Waals surface area contributed by atoms with Crippen molar-refractivity contribution in [3.8, 4) is 5.75 Å². The maximum absolute atomic E-state index is 12.1. The van der Waals surface area contributed by atoms with Gasteiger partial charge < -0.3 is 4.74 Å². The van der Waals surface area contributed by atoms with Crippen LogP contribution >= 0.6 is 0 Å². The Hall–Kier alpha value is -2.60. The Labute approximate surface area is 135 Å². The van der Waals surface area contributed by atoms with Gasteiger partial charge in [-0.2, -0.15) is 13.5 Å². The van der Waals surface area contributed by atoms with Gasteiger partial charge in [0.2, 0.25) is 0 Å². The van der Waals surface area contributed by atoms with Crippen LogP contribution in [0.3, 0.4) is 0 Å². The van der Waals surface area contributed by atoms with E-state index >= 15 is 0 Å². The third-order valence-corrected chi connectivity index (χ3v) is 4.63. The first-order valence-electron chi connectivity index (χ1n) is 7.08. The fourth-order valence-electron chi connectivity index (χ4n) is 2.16. The van der Waals surface area contributed by atoms with Gasteiger partial charge in [-0.15, -0.1) is 0 Å². The van der Waals surface area contributed by atoms with E-state index < -0.39 is 10.0 Å². The molecule has 2 aromatic rings. The first-order chi connectivity index (χ1) is 11.0. The molecule has 0 fully saturated rings. The highest BCUT2D eigenvalue weighted by atomic mass is 32.2. The highest BCUT2D eigenvalue weighted by Crippen LogP contribution is 2.24. The number of ether oxygens (including phenoxy) is 1. The smallest absolute Gasteiger partial charge is 0.276 e. The summed E-state index contributed by atoms with van der Waals surface area (Å²) in [4.78, 5) is 2.39. The number of benzene rings is 2. The molecule has 118 valence electrons. The Morgan fingerprint density at radius 1 is 1.13 bits per heavy atom. The van der Waals surface area contributed by atoms with Crippen molar-refractivity contribution in [2.75, 3.05) is 6.61 Å². The van der Waals surface area contributed by atoms with Crippen molar-refractivity contribution < 1.29 is 13.2 Å². The molecule has 0 bridgehead atoms. The Kier molecular flexibility index (Phi) is 4.16. The highest BCUT2D eigenvalue weighted by Gasteiger charge is 2.13. The quantitative estimate of drug-likeness (QED) is 0.693. The number of nitrogens with one attached hydrogen (secondary N) is 1. The van der Waals surface area contributed by atoms with Crippen LogP contribution in [0.1, 0.15) is 11.1 Å². The molecule has 0 atom stereocenters. The van der Waals surface area contributed by atoms with Crippen LogP contribution < -0.4 is 9.57 Å². The highest BCUT2D eigenvalue weighted by molar-refractivity contribution is 7.89. The molecule has 0 spiro atoms. The maximum atomic E-state index is 12.1. The molecular weight excluding hydrogens is 312 g/mol. The van der Waals surface area contributed by atoms with Gasteiger partial charge in [-0.05, 0) is 31.2 Å². The molecule has 5 nitrogen and oxygen atoms in total. The van der Waals surface area contributed by atoms with Gasteiger partial charge in [0.05, 0.1) is 11.1 Å². The Bertz CT molecular complexity index is 869. The SMILES string of the molecule is Cc1ccc(S(=O)(=O)N/N=C\C2=Cc3ccccc3OC2)cc1. The van der Waals surface area contributed by atoms with Crippen LogP contribution in [0.15, 0.2) is 64.1 Å². The lowest BCUT2D eigenvalue weighted by molar-refractivity contribution is 0.353. The van der Waals surface area contributed by atoms with E-state index in [4.69, 9.17) is 4.74 Å². The van der Waals surface area contributed by atoms with E-state index in [2.05, 4.69) is 9.93 Å². The summed E-state index contributed by atoms with van der Waals surface area (Å²) in [5.74, 6) is 0.810. The van der Waals surface area contributed by atoms with E-state index in [1.807, 2.05) is 37.3 Å². The average Bonchev–Trinajstić information content (AvgIpc) is 2.55. The molecule has 6 heteroatoms. The summed E-state index contributed by atoms with van der Waals surface area (Å²) in [7, 11) is -3.65. The molecule has 0 unspecified atom stereocenters. The van der Waals surface area contributed by atoms with E-state index in [9.17, 15) is 8.42 Å². The maximum Gasteiger partial charge on any atom is 0.276 e. The molecule has 3 rings (SSSR count). The zero-order valence-electron chi connectivity index (χ0n) is 12.6. The Morgan fingerprint density at radius 2 is 1.87 bits per heavy atom. The number of hydrazone groups is 1. The van der Waals surface area contributed by atoms with Crippen molar-refractivity contribution >= 4 is 22.3 Å². The molecule has 0 aromatic heterocycles. The van der Waals surface area contributed by atoms with Gasteiger partial charge in [0.15, 0.2) is 0 Å². The minimum absolute atomic E-state index is 0.180. The Morgan fingerprint density at radius 3 is 2.65 bits per heavy atom. The first kappa shape index (κ1) is 15.3. The standard InChI is InChI=1S/C17H16N2O3S/c1-13-6-8-16(9-7-13)23(20,21)19-18-11-14-10-15-4-2-3-5-17(15)22-12-14/h2-11,19H,12H2,1H3/b18-11-. The summed E-state index contributed by atoms with van der Waals surface area (Å²) in [6.45, 7) is 2.25. The molecule has 0 saturated heterocycles. The molecule has 1 heterocycles. The van der Waals surface area contributed by atoms with E-state index in [0.29, 0.717) is 6.61 Å². The van der Waals surface area contributed by atoms with Crippen LogP contribution in [0.2, 0.25) is 0 Å². The molecule has 1 aliphatic rings. The van der Waals surface area contributed by atoms with E-state index in [1.165, 1.54) is 6.21 Å². The lowest BCUT2D eigenvalue weighted by Crippen LogP contribution is -2.19. The van der Waals surface area contributed by atoms with Gasteiger partial charge >= 0.3 is 0 Å². The number of nitrogens with zero attached hydrogens (tertiary/aromatic N) is 1. The third kappa shape index (κ3) is 3.60.